The van der Waals surface area contributed by atoms with E-state index in [1.807, 2.05) is 11.8 Å². The summed E-state index contributed by atoms with van der Waals surface area (Å²) >= 11 is 0. The number of nitrogens with one attached hydrogen (secondary N) is 1. The van der Waals surface area contributed by atoms with Gasteiger partial charge in [-0.05, 0) is 65.7 Å². The van der Waals surface area contributed by atoms with E-state index in [0.29, 0.717) is 36.5 Å². The minimum atomic E-state index is -5.09. The Morgan fingerprint density at radius 2 is 1.48 bits per heavy atom. The third kappa shape index (κ3) is 7.86. The van der Waals surface area contributed by atoms with E-state index in [1.165, 1.54) is 18.0 Å². The van der Waals surface area contributed by atoms with Crippen LogP contribution >= 0.6 is 0 Å². The number of tetrazole rings is 1. The lowest BCUT2D eigenvalue weighted by Crippen LogP contribution is -2.29. The van der Waals surface area contributed by atoms with E-state index < -0.39 is 59.9 Å². The number of nitrogens with zero attached hydrogens (tertiary/aromatic N) is 7. The van der Waals surface area contributed by atoms with Crippen molar-refractivity contribution in [2.45, 2.75) is 57.5 Å². The van der Waals surface area contributed by atoms with Gasteiger partial charge >= 0.3 is 18.5 Å². The Morgan fingerprint density at radius 1 is 0.841 bits per heavy atom. The predicted octanol–water partition coefficient (Wildman–Crippen LogP) is 6.78. The molecule has 4 aromatic rings. The minimum absolute atomic E-state index is 0.0000235. The number of anilines is 1. The van der Waals surface area contributed by atoms with Gasteiger partial charge in [0.25, 0.3) is 5.95 Å². The van der Waals surface area contributed by atoms with Gasteiger partial charge in [-0.3, -0.25) is 4.90 Å². The molecule has 0 fully saturated rings. The molecule has 0 radical (unpaired) electrons. The Morgan fingerprint density at radius 3 is 1.98 bits per heavy atom. The maximum Gasteiger partial charge on any atom is 0.416 e. The lowest BCUT2D eigenvalue weighted by atomic mass is 9.94. The topological polar surface area (TPSA) is 78.8 Å². The molecule has 238 valence electrons. The van der Waals surface area contributed by atoms with Crippen LogP contribution in [-0.4, -0.2) is 42.1 Å². The summed E-state index contributed by atoms with van der Waals surface area (Å²) in [5.41, 5.74) is -3.86. The highest BCUT2D eigenvalue weighted by atomic mass is 19.4. The first kappa shape index (κ1) is 32.8. The monoisotopic (exact) mass is 634 g/mol. The van der Waals surface area contributed by atoms with Gasteiger partial charge in [0.05, 0.1) is 30.3 Å². The molecular formula is C27H27F9N8. The summed E-state index contributed by atoms with van der Waals surface area (Å²) in [6.45, 7) is 1.14. The van der Waals surface area contributed by atoms with Crippen LogP contribution in [0.1, 0.15) is 58.6 Å². The van der Waals surface area contributed by atoms with E-state index in [0.717, 1.165) is 16.9 Å². The summed E-state index contributed by atoms with van der Waals surface area (Å²) in [6.07, 6.45) is -11.3. The fourth-order valence-electron chi connectivity index (χ4n) is 4.88. The van der Waals surface area contributed by atoms with Crippen molar-refractivity contribution in [3.05, 3.63) is 88.0 Å². The zero-order valence-corrected chi connectivity index (χ0v) is 23.6. The number of alkyl halides is 9. The second kappa shape index (κ2) is 12.5. The number of aryl methyl sites for hydroxylation is 1. The van der Waals surface area contributed by atoms with E-state index in [9.17, 15) is 39.5 Å². The fraction of sp³-hybridized carbons (Fsp3) is 0.407. The average molecular weight is 635 g/mol. The van der Waals surface area contributed by atoms with Crippen LogP contribution in [0.5, 0.6) is 0 Å². The van der Waals surface area contributed by atoms with E-state index in [-0.39, 0.29) is 17.6 Å². The second-order valence-electron chi connectivity index (χ2n) is 10.1. The molecule has 2 aromatic carbocycles. The highest BCUT2D eigenvalue weighted by Gasteiger charge is 2.37. The summed E-state index contributed by atoms with van der Waals surface area (Å²) < 4.78 is 123. The quantitative estimate of drug-likeness (QED) is 0.194. The molecule has 0 aliphatic rings. The van der Waals surface area contributed by atoms with Gasteiger partial charge in [0.1, 0.15) is 5.82 Å². The molecule has 17 heteroatoms. The molecule has 1 N–H and O–H groups in total. The summed E-state index contributed by atoms with van der Waals surface area (Å²) in [5, 5.41) is 11.6. The molecule has 1 atom stereocenters. The number of aromatic amines is 1. The van der Waals surface area contributed by atoms with Crippen LogP contribution in [0, 0.1) is 0 Å². The Balaban J connectivity index is 1.81. The molecule has 0 aliphatic carbocycles. The van der Waals surface area contributed by atoms with Gasteiger partial charge in [0.15, 0.2) is 0 Å². The van der Waals surface area contributed by atoms with Gasteiger partial charge in [-0.15, -0.1) is 5.10 Å². The number of imidazole rings is 1. The molecule has 0 saturated heterocycles. The summed E-state index contributed by atoms with van der Waals surface area (Å²) in [6, 6.07) is 3.82. The lowest BCUT2D eigenvalue weighted by molar-refractivity contribution is -0.143. The average Bonchev–Trinajstić information content (AvgIpc) is 3.59. The van der Waals surface area contributed by atoms with E-state index in [1.54, 1.807) is 19.4 Å². The molecule has 0 amide bonds. The van der Waals surface area contributed by atoms with E-state index in [4.69, 9.17) is 0 Å². The molecule has 0 aliphatic heterocycles. The van der Waals surface area contributed by atoms with Crippen LogP contribution in [0.25, 0.3) is 0 Å². The predicted molar refractivity (Wildman–Crippen MR) is 140 cm³/mol. The highest BCUT2D eigenvalue weighted by molar-refractivity contribution is 5.42. The normalized spacial score (nSPS) is 13.5. The molecule has 4 rings (SSSR count). The number of aromatic nitrogens is 6. The smallest absolute Gasteiger partial charge is 0.348 e. The van der Waals surface area contributed by atoms with Crippen LogP contribution in [0.2, 0.25) is 0 Å². The van der Waals surface area contributed by atoms with Gasteiger partial charge in [0.2, 0.25) is 0 Å². The largest absolute Gasteiger partial charge is 0.416 e. The third-order valence-electron chi connectivity index (χ3n) is 6.86. The number of H-pyrrole nitrogens is 1. The number of hydrogen-bond acceptors (Lipinski definition) is 6. The van der Waals surface area contributed by atoms with E-state index >= 15 is 0 Å². The van der Waals surface area contributed by atoms with Gasteiger partial charge < -0.3 is 9.88 Å². The van der Waals surface area contributed by atoms with Gasteiger partial charge in [-0.25, -0.2) is 4.98 Å². The molecule has 0 saturated carbocycles. The molecule has 44 heavy (non-hydrogen) atoms. The standard InChI is InChI=1S/C27H27F9N8/c1-4-22(42(2)15-23-37-7-8-38-23)21-6-5-18(25(28,29)30)11-17(21)14-44(24-39-41-43(3)40-24)13-16-9-19(26(31,32)33)12-20(10-16)27(34,35)36/h5-12,22H,4,13-15H2,1-3H3,(H,37,38). The fourth-order valence-corrected chi connectivity index (χ4v) is 4.88. The van der Waals surface area contributed by atoms with Crippen molar-refractivity contribution in [1.82, 2.24) is 35.1 Å². The maximum atomic E-state index is 13.8. The summed E-state index contributed by atoms with van der Waals surface area (Å²) in [4.78, 5) is 11.2. The Labute approximate surface area is 245 Å². The second-order valence-corrected chi connectivity index (χ2v) is 10.1. The molecule has 1 unspecified atom stereocenters. The lowest BCUT2D eigenvalue weighted by Gasteiger charge is -2.31. The zero-order valence-electron chi connectivity index (χ0n) is 23.6. The van der Waals surface area contributed by atoms with Gasteiger partial charge in [0, 0.05) is 31.5 Å². The molecule has 2 aromatic heterocycles. The van der Waals surface area contributed by atoms with Crippen molar-refractivity contribution in [2.24, 2.45) is 7.05 Å². The van der Waals surface area contributed by atoms with Crippen molar-refractivity contribution in [3.63, 3.8) is 0 Å². The molecule has 0 spiro atoms. The Bertz CT molecular complexity index is 1510. The first-order valence-electron chi connectivity index (χ1n) is 13.1. The van der Waals surface area contributed by atoms with Crippen molar-refractivity contribution >= 4 is 5.95 Å². The Kier molecular flexibility index (Phi) is 9.27. The third-order valence-corrected chi connectivity index (χ3v) is 6.86. The number of hydrogen-bond donors (Lipinski definition) is 1. The SMILES string of the molecule is CCC(c1ccc(C(F)(F)F)cc1CN(Cc1cc(C(F)(F)F)cc(C(F)(F)F)c1)c1nnn(C)n1)N(C)Cc1ncc[nH]1. The van der Waals surface area contributed by atoms with Gasteiger partial charge in [-0.2, -0.15) is 44.3 Å². The number of rotatable bonds is 10. The number of benzene rings is 2. The van der Waals surface area contributed by atoms with Crippen LogP contribution < -0.4 is 4.90 Å². The van der Waals surface area contributed by atoms with Gasteiger partial charge in [-0.1, -0.05) is 18.1 Å². The highest BCUT2D eigenvalue weighted by Crippen LogP contribution is 2.38. The van der Waals surface area contributed by atoms with Crippen molar-refractivity contribution < 1.29 is 39.5 Å². The van der Waals surface area contributed by atoms with Crippen LogP contribution in [-0.2, 0) is 45.2 Å². The van der Waals surface area contributed by atoms with Crippen LogP contribution in [0.3, 0.4) is 0 Å². The Hall–Kier alpha value is -4.15. The molecule has 2 heterocycles. The number of halogens is 9. The minimum Gasteiger partial charge on any atom is -0.348 e. The van der Waals surface area contributed by atoms with Crippen molar-refractivity contribution in [1.29, 1.82) is 0 Å². The van der Waals surface area contributed by atoms with Crippen molar-refractivity contribution in [3.8, 4) is 0 Å². The van der Waals surface area contributed by atoms with Crippen molar-refractivity contribution in [2.75, 3.05) is 11.9 Å². The maximum absolute atomic E-state index is 13.8. The molecular weight excluding hydrogens is 607 g/mol. The first-order valence-corrected chi connectivity index (χ1v) is 13.1. The first-order chi connectivity index (χ1) is 20.5. The molecule has 0 bridgehead atoms. The van der Waals surface area contributed by atoms with E-state index in [2.05, 4.69) is 25.4 Å². The van der Waals surface area contributed by atoms with Crippen LogP contribution in [0.4, 0.5) is 45.5 Å². The summed E-state index contributed by atoms with van der Waals surface area (Å²) in [7, 11) is 3.13. The van der Waals surface area contributed by atoms with Crippen LogP contribution in [0.15, 0.2) is 48.8 Å². The zero-order chi connectivity index (χ0) is 32.4. The molecule has 8 nitrogen and oxygen atoms in total. The summed E-state index contributed by atoms with van der Waals surface area (Å²) in [5.74, 6) is 0.397.